The molecule has 0 radical (unpaired) electrons. The van der Waals surface area contributed by atoms with Crippen LogP contribution in [0.2, 0.25) is 0 Å². The number of aromatic hydroxyl groups is 1. The lowest BCUT2D eigenvalue weighted by Crippen LogP contribution is -2.46. The summed E-state index contributed by atoms with van der Waals surface area (Å²) >= 11 is 0. The number of carbonyl (C=O) groups is 2. The Balaban J connectivity index is 1.52. The van der Waals surface area contributed by atoms with Crippen molar-refractivity contribution in [2.75, 3.05) is 6.54 Å². The van der Waals surface area contributed by atoms with Crippen molar-refractivity contribution in [3.63, 3.8) is 0 Å². The molecule has 0 bridgehead atoms. The zero-order chi connectivity index (χ0) is 22.8. The standard InChI is InChI=1S/C24H23N3O5/c1-15(17-7-4-8-18(14-17)27(31)32)25-23(29)21-10-5-13-26(21)24(30)20-12-11-16-6-2-3-9-19(16)22(20)28/h2-4,6-9,11-12,14-15,21,28H,5,10,13H2,1H3,(H,25,29). The predicted octanol–water partition coefficient (Wildman–Crippen LogP) is 3.94. The SMILES string of the molecule is CC(NC(=O)C1CCCN1C(=O)c1ccc2ccccc2c1O)c1cccc([N+](=O)[O-])c1. The highest BCUT2D eigenvalue weighted by atomic mass is 16.6. The molecule has 0 saturated carbocycles. The fraction of sp³-hybridized carbons (Fsp3) is 0.250. The van der Waals surface area contributed by atoms with E-state index >= 15 is 0 Å². The Kier molecular flexibility index (Phi) is 5.77. The molecule has 2 N–H and O–H groups in total. The summed E-state index contributed by atoms with van der Waals surface area (Å²) in [5.41, 5.74) is 0.721. The van der Waals surface area contributed by atoms with Gasteiger partial charge in [-0.25, -0.2) is 0 Å². The minimum Gasteiger partial charge on any atom is -0.506 e. The van der Waals surface area contributed by atoms with Crippen LogP contribution in [0, 0.1) is 10.1 Å². The lowest BCUT2D eigenvalue weighted by Gasteiger charge is -2.26. The van der Waals surface area contributed by atoms with Crippen molar-refractivity contribution >= 4 is 28.3 Å². The number of fused-ring (bicyclic) bond motifs is 1. The van der Waals surface area contributed by atoms with E-state index in [1.807, 2.05) is 12.1 Å². The summed E-state index contributed by atoms with van der Waals surface area (Å²) in [6, 6.07) is 15.6. The first-order valence-corrected chi connectivity index (χ1v) is 10.4. The molecular formula is C24H23N3O5. The lowest BCUT2D eigenvalue weighted by atomic mass is 10.0. The third-order valence-corrected chi connectivity index (χ3v) is 5.89. The van der Waals surface area contributed by atoms with Gasteiger partial charge >= 0.3 is 0 Å². The van der Waals surface area contributed by atoms with Crippen molar-refractivity contribution in [3.05, 3.63) is 81.9 Å². The Morgan fingerprint density at radius 3 is 2.72 bits per heavy atom. The second-order valence-electron chi connectivity index (χ2n) is 7.92. The molecule has 3 aromatic rings. The number of hydrogen-bond acceptors (Lipinski definition) is 5. The van der Waals surface area contributed by atoms with E-state index in [-0.39, 0.29) is 22.9 Å². The second-order valence-corrected chi connectivity index (χ2v) is 7.92. The highest BCUT2D eigenvalue weighted by Gasteiger charge is 2.36. The first-order chi connectivity index (χ1) is 15.4. The predicted molar refractivity (Wildman–Crippen MR) is 119 cm³/mol. The number of benzene rings is 3. The van der Waals surface area contributed by atoms with Crippen molar-refractivity contribution in [3.8, 4) is 5.75 Å². The summed E-state index contributed by atoms with van der Waals surface area (Å²) in [4.78, 5) is 38.2. The minimum atomic E-state index is -0.672. The quantitative estimate of drug-likeness (QED) is 0.468. The summed E-state index contributed by atoms with van der Waals surface area (Å²) in [6.07, 6.45) is 1.18. The van der Waals surface area contributed by atoms with Gasteiger partial charge in [-0.1, -0.05) is 42.5 Å². The van der Waals surface area contributed by atoms with E-state index in [2.05, 4.69) is 5.32 Å². The van der Waals surface area contributed by atoms with Gasteiger partial charge < -0.3 is 15.3 Å². The number of phenols is 1. The van der Waals surface area contributed by atoms with Crippen LogP contribution in [-0.2, 0) is 4.79 Å². The minimum absolute atomic E-state index is 0.0481. The summed E-state index contributed by atoms with van der Waals surface area (Å²) in [5, 5.41) is 26.0. The van der Waals surface area contributed by atoms with Crippen LogP contribution in [0.3, 0.4) is 0 Å². The second kappa shape index (κ2) is 8.66. The molecule has 1 aliphatic heterocycles. The van der Waals surface area contributed by atoms with Crippen LogP contribution in [0.5, 0.6) is 5.75 Å². The first kappa shape index (κ1) is 21.3. The van der Waals surface area contributed by atoms with E-state index in [1.165, 1.54) is 17.0 Å². The number of likely N-dealkylation sites (tertiary alicyclic amines) is 1. The van der Waals surface area contributed by atoms with Gasteiger partial charge in [0.1, 0.15) is 11.8 Å². The van der Waals surface area contributed by atoms with E-state index in [4.69, 9.17) is 0 Å². The molecule has 32 heavy (non-hydrogen) atoms. The molecule has 2 unspecified atom stereocenters. The molecule has 8 heteroatoms. The number of nitrogens with zero attached hydrogens (tertiary/aromatic N) is 2. The molecule has 1 heterocycles. The average Bonchev–Trinajstić information content (AvgIpc) is 3.29. The summed E-state index contributed by atoms with van der Waals surface area (Å²) in [6.45, 7) is 2.15. The average molecular weight is 433 g/mol. The number of hydrogen-bond donors (Lipinski definition) is 2. The van der Waals surface area contributed by atoms with E-state index in [9.17, 15) is 24.8 Å². The fourth-order valence-corrected chi connectivity index (χ4v) is 4.17. The van der Waals surface area contributed by atoms with Crippen molar-refractivity contribution < 1.29 is 19.6 Å². The molecule has 0 aliphatic carbocycles. The summed E-state index contributed by atoms with van der Waals surface area (Å²) < 4.78 is 0. The maximum Gasteiger partial charge on any atom is 0.269 e. The lowest BCUT2D eigenvalue weighted by molar-refractivity contribution is -0.384. The zero-order valence-electron chi connectivity index (χ0n) is 17.5. The number of non-ortho nitro benzene ring substituents is 1. The fourth-order valence-electron chi connectivity index (χ4n) is 4.17. The summed E-state index contributed by atoms with van der Waals surface area (Å²) in [5.74, 6) is -0.812. The van der Waals surface area contributed by atoms with Gasteiger partial charge in [-0.3, -0.25) is 19.7 Å². The smallest absolute Gasteiger partial charge is 0.269 e. The molecule has 1 saturated heterocycles. The van der Waals surface area contributed by atoms with Crippen molar-refractivity contribution in [2.24, 2.45) is 0 Å². The Labute approximate surface area is 184 Å². The largest absolute Gasteiger partial charge is 0.506 e. The van der Waals surface area contributed by atoms with E-state index in [0.29, 0.717) is 30.3 Å². The van der Waals surface area contributed by atoms with Gasteiger partial charge in [0.05, 0.1) is 16.5 Å². The molecule has 2 atom stereocenters. The molecular weight excluding hydrogens is 410 g/mol. The number of amides is 2. The third kappa shape index (κ3) is 3.99. The molecule has 0 aromatic heterocycles. The van der Waals surface area contributed by atoms with Crippen LogP contribution in [0.25, 0.3) is 10.8 Å². The molecule has 1 aliphatic rings. The molecule has 2 amide bonds. The van der Waals surface area contributed by atoms with Crippen LogP contribution in [-0.4, -0.2) is 39.3 Å². The Bertz CT molecular complexity index is 1210. The van der Waals surface area contributed by atoms with Crippen LogP contribution in [0.1, 0.15) is 41.7 Å². The Morgan fingerprint density at radius 2 is 1.94 bits per heavy atom. The molecule has 0 spiro atoms. The molecule has 164 valence electrons. The molecule has 8 nitrogen and oxygen atoms in total. The maximum absolute atomic E-state index is 13.2. The zero-order valence-corrected chi connectivity index (χ0v) is 17.5. The van der Waals surface area contributed by atoms with Gasteiger partial charge in [0.2, 0.25) is 5.91 Å². The van der Waals surface area contributed by atoms with Gasteiger partial charge in [-0.05, 0) is 36.8 Å². The van der Waals surface area contributed by atoms with E-state index < -0.39 is 22.9 Å². The Hall–Kier alpha value is -3.94. The van der Waals surface area contributed by atoms with Crippen molar-refractivity contribution in [1.29, 1.82) is 0 Å². The number of rotatable bonds is 5. The summed E-state index contributed by atoms with van der Waals surface area (Å²) in [7, 11) is 0. The number of nitro benzene ring substituents is 1. The van der Waals surface area contributed by atoms with Gasteiger partial charge in [0.25, 0.3) is 11.6 Å². The number of nitrogens with one attached hydrogen (secondary N) is 1. The van der Waals surface area contributed by atoms with Gasteiger partial charge in [0, 0.05) is 24.1 Å². The number of phenolic OH excluding ortho intramolecular Hbond substituents is 1. The van der Waals surface area contributed by atoms with Crippen LogP contribution >= 0.6 is 0 Å². The van der Waals surface area contributed by atoms with Gasteiger partial charge in [-0.2, -0.15) is 0 Å². The van der Waals surface area contributed by atoms with E-state index in [1.54, 1.807) is 43.3 Å². The van der Waals surface area contributed by atoms with Crippen molar-refractivity contribution in [2.45, 2.75) is 31.8 Å². The maximum atomic E-state index is 13.2. The third-order valence-electron chi connectivity index (χ3n) is 5.89. The Morgan fingerprint density at radius 1 is 1.16 bits per heavy atom. The molecule has 3 aromatic carbocycles. The first-order valence-electron chi connectivity index (χ1n) is 10.4. The van der Waals surface area contributed by atoms with Crippen LogP contribution in [0.4, 0.5) is 5.69 Å². The topological polar surface area (TPSA) is 113 Å². The highest BCUT2D eigenvalue weighted by Crippen LogP contribution is 2.31. The number of carbonyl (C=O) groups excluding carboxylic acids is 2. The van der Waals surface area contributed by atoms with Gasteiger partial charge in [-0.15, -0.1) is 0 Å². The van der Waals surface area contributed by atoms with E-state index in [0.717, 1.165) is 5.39 Å². The molecule has 4 rings (SSSR count). The molecule has 1 fully saturated rings. The number of nitro groups is 1. The highest BCUT2D eigenvalue weighted by molar-refractivity contribution is 6.05. The monoisotopic (exact) mass is 433 g/mol. The van der Waals surface area contributed by atoms with Crippen LogP contribution < -0.4 is 5.32 Å². The van der Waals surface area contributed by atoms with Crippen LogP contribution in [0.15, 0.2) is 60.7 Å². The normalized spacial score (nSPS) is 16.7. The van der Waals surface area contributed by atoms with Gasteiger partial charge in [0.15, 0.2) is 0 Å². The van der Waals surface area contributed by atoms with Crippen molar-refractivity contribution in [1.82, 2.24) is 10.2 Å².